The van der Waals surface area contributed by atoms with Crippen molar-refractivity contribution in [3.8, 4) is 42.3 Å². The predicted octanol–water partition coefficient (Wildman–Crippen LogP) is 10.3. The van der Waals surface area contributed by atoms with Crippen LogP contribution in [0.3, 0.4) is 0 Å². The SMILES string of the molecule is CCCc1c(C(=O)OCC)[nH]c(-c2ccc(-c3ccc(-c4ccc(-c5[nH]c(C(=O)OCC)c(CCC)c5C(=O)OCC)s4)n3C(=O)OC(C)(C)C)s2)c1C(=O)OCC. The van der Waals surface area contributed by atoms with Gasteiger partial charge in [-0.25, -0.2) is 28.5 Å². The van der Waals surface area contributed by atoms with E-state index in [0.29, 0.717) is 79.1 Å². The second-order valence-electron chi connectivity index (χ2n) is 14.1. The lowest BCUT2D eigenvalue weighted by Crippen LogP contribution is -2.27. The van der Waals surface area contributed by atoms with Crippen LogP contribution in [0, 0.1) is 0 Å². The van der Waals surface area contributed by atoms with Crippen LogP contribution >= 0.6 is 22.7 Å². The Bertz CT molecular complexity index is 2150. The van der Waals surface area contributed by atoms with Gasteiger partial charge in [-0.05, 0) is 109 Å². The maximum Gasteiger partial charge on any atom is 0.419 e. The molecule has 0 bridgehead atoms. The number of rotatable bonds is 16. The first-order valence-corrected chi connectivity index (χ1v) is 21.2. The minimum absolute atomic E-state index is 0.149. The molecule has 0 radical (unpaired) electrons. The number of thiophene rings is 2. The van der Waals surface area contributed by atoms with E-state index in [1.54, 1.807) is 48.5 Å². The zero-order valence-corrected chi connectivity index (χ0v) is 36.1. The zero-order valence-electron chi connectivity index (χ0n) is 34.5. The minimum Gasteiger partial charge on any atom is -0.462 e. The Hall–Kier alpha value is -5.41. The maximum atomic E-state index is 14.1. The molecule has 5 rings (SSSR count). The first kappa shape index (κ1) is 43.7. The second kappa shape index (κ2) is 18.9. The van der Waals surface area contributed by atoms with Gasteiger partial charge < -0.3 is 33.7 Å². The topological polar surface area (TPSA) is 168 Å². The molecule has 0 aliphatic heterocycles. The number of H-pyrrole nitrogens is 2. The number of hydrogen-bond donors (Lipinski definition) is 2. The molecule has 0 unspecified atom stereocenters. The van der Waals surface area contributed by atoms with Crippen molar-refractivity contribution in [3.63, 3.8) is 0 Å². The van der Waals surface area contributed by atoms with Crippen LogP contribution in [0.5, 0.6) is 0 Å². The van der Waals surface area contributed by atoms with Crippen LogP contribution in [-0.4, -0.2) is 76.5 Å². The molecule has 0 aliphatic carbocycles. The van der Waals surface area contributed by atoms with Crippen molar-refractivity contribution < 1.29 is 47.7 Å². The summed E-state index contributed by atoms with van der Waals surface area (Å²) in [4.78, 5) is 76.2. The van der Waals surface area contributed by atoms with Gasteiger partial charge in [-0.1, -0.05) is 26.7 Å². The number of nitrogens with zero attached hydrogens (tertiary/aromatic N) is 1. The molecule has 0 saturated heterocycles. The van der Waals surface area contributed by atoms with E-state index in [2.05, 4.69) is 9.97 Å². The van der Waals surface area contributed by atoms with Crippen LogP contribution in [0.2, 0.25) is 0 Å². The molecule has 0 aliphatic rings. The second-order valence-corrected chi connectivity index (χ2v) is 16.3. The molecule has 5 aromatic heterocycles. The number of esters is 4. The van der Waals surface area contributed by atoms with Gasteiger partial charge in [0.2, 0.25) is 0 Å². The van der Waals surface area contributed by atoms with Crippen molar-refractivity contribution >= 4 is 52.6 Å². The molecule has 0 saturated carbocycles. The summed E-state index contributed by atoms with van der Waals surface area (Å²) in [5, 5.41) is 0. The van der Waals surface area contributed by atoms with E-state index >= 15 is 0 Å². The number of hydrogen-bond acceptors (Lipinski definition) is 12. The molecule has 0 spiro atoms. The Labute approximate surface area is 346 Å². The maximum absolute atomic E-state index is 14.1. The van der Waals surface area contributed by atoms with Gasteiger partial charge in [0, 0.05) is 0 Å². The van der Waals surface area contributed by atoms with E-state index < -0.39 is 35.6 Å². The normalized spacial score (nSPS) is 11.4. The van der Waals surface area contributed by atoms with Gasteiger partial charge in [0.25, 0.3) is 0 Å². The fourth-order valence-electron chi connectivity index (χ4n) is 6.60. The fourth-order valence-corrected chi connectivity index (χ4v) is 8.66. The number of ether oxygens (including phenoxy) is 5. The van der Waals surface area contributed by atoms with Crippen LogP contribution in [0.1, 0.15) is 128 Å². The Morgan fingerprint density at radius 3 is 1.26 bits per heavy atom. The number of aromatic amines is 2. The minimum atomic E-state index is -0.826. The average Bonchev–Trinajstić information content (AvgIpc) is 4.00. The lowest BCUT2D eigenvalue weighted by atomic mass is 10.0. The highest BCUT2D eigenvalue weighted by molar-refractivity contribution is 7.19. The Balaban J connectivity index is 1.66. The highest BCUT2D eigenvalue weighted by Gasteiger charge is 2.32. The molecule has 15 heteroatoms. The number of carbonyl (C=O) groups is 5. The highest BCUT2D eigenvalue weighted by Crippen LogP contribution is 2.43. The third kappa shape index (κ3) is 9.15. The third-order valence-corrected chi connectivity index (χ3v) is 11.0. The van der Waals surface area contributed by atoms with Gasteiger partial charge in [0.05, 0.1) is 79.8 Å². The van der Waals surface area contributed by atoms with E-state index in [4.69, 9.17) is 23.7 Å². The van der Waals surface area contributed by atoms with Crippen LogP contribution in [-0.2, 0) is 36.5 Å². The van der Waals surface area contributed by atoms with E-state index in [9.17, 15) is 24.0 Å². The fraction of sp³-hybridized carbons (Fsp3) is 0.419. The summed E-state index contributed by atoms with van der Waals surface area (Å²) in [5.74, 6) is -2.24. The van der Waals surface area contributed by atoms with Gasteiger partial charge in [0.1, 0.15) is 17.0 Å². The quantitative estimate of drug-likeness (QED) is 0.0721. The average molecular weight is 834 g/mol. The smallest absolute Gasteiger partial charge is 0.419 e. The molecule has 5 heterocycles. The summed E-state index contributed by atoms with van der Waals surface area (Å²) in [6.45, 7) is 16.8. The molecule has 0 fully saturated rings. The summed E-state index contributed by atoms with van der Waals surface area (Å²) in [6.07, 6.45) is 1.61. The Morgan fingerprint density at radius 1 is 0.552 bits per heavy atom. The molecule has 0 aromatic carbocycles. The third-order valence-electron chi connectivity index (χ3n) is 8.79. The van der Waals surface area contributed by atoms with E-state index in [1.165, 1.54) is 27.2 Å². The largest absolute Gasteiger partial charge is 0.462 e. The van der Waals surface area contributed by atoms with Crippen molar-refractivity contribution in [1.82, 2.24) is 14.5 Å². The van der Waals surface area contributed by atoms with Crippen LogP contribution < -0.4 is 0 Å². The lowest BCUT2D eigenvalue weighted by Gasteiger charge is -2.21. The number of carbonyl (C=O) groups excluding carboxylic acids is 5. The summed E-state index contributed by atoms with van der Waals surface area (Å²) in [5.41, 5.74) is 3.09. The van der Waals surface area contributed by atoms with Gasteiger partial charge in [-0.15, -0.1) is 22.7 Å². The molecule has 310 valence electrons. The monoisotopic (exact) mass is 833 g/mol. The van der Waals surface area contributed by atoms with Gasteiger partial charge >= 0.3 is 30.0 Å². The molecule has 0 amide bonds. The van der Waals surface area contributed by atoms with Gasteiger partial charge in [-0.2, -0.15) is 0 Å². The Morgan fingerprint density at radius 2 is 0.914 bits per heavy atom. The molecular formula is C43H51N3O10S2. The molecular weight excluding hydrogens is 783 g/mol. The first-order chi connectivity index (χ1) is 27.7. The van der Waals surface area contributed by atoms with Crippen molar-refractivity contribution in [2.24, 2.45) is 0 Å². The van der Waals surface area contributed by atoms with Crippen molar-refractivity contribution in [3.05, 3.63) is 70.0 Å². The van der Waals surface area contributed by atoms with E-state index in [1.807, 2.05) is 50.2 Å². The van der Waals surface area contributed by atoms with Crippen LogP contribution in [0.4, 0.5) is 4.79 Å². The molecule has 0 atom stereocenters. The molecule has 58 heavy (non-hydrogen) atoms. The van der Waals surface area contributed by atoms with Gasteiger partial charge in [0.15, 0.2) is 0 Å². The first-order valence-electron chi connectivity index (χ1n) is 19.6. The van der Waals surface area contributed by atoms with Gasteiger partial charge in [-0.3, -0.25) is 0 Å². The van der Waals surface area contributed by atoms with Crippen molar-refractivity contribution in [1.29, 1.82) is 0 Å². The predicted molar refractivity (Wildman–Crippen MR) is 224 cm³/mol. The number of nitrogens with one attached hydrogen (secondary N) is 2. The van der Waals surface area contributed by atoms with E-state index in [0.717, 1.165) is 0 Å². The van der Waals surface area contributed by atoms with Crippen LogP contribution in [0.15, 0.2) is 36.4 Å². The summed E-state index contributed by atoms with van der Waals surface area (Å²) < 4.78 is 29.0. The Kier molecular flexibility index (Phi) is 14.2. The summed E-state index contributed by atoms with van der Waals surface area (Å²) in [6, 6.07) is 11.0. The molecule has 13 nitrogen and oxygen atoms in total. The van der Waals surface area contributed by atoms with Crippen LogP contribution in [0.25, 0.3) is 42.3 Å². The standard InChI is InChI=1S/C43H51N3O10S2/c1-10-16-24-32(38(47)52-12-3)36(44-34(24)40(49)54-14-5)30-22-20-28(57-30)26-18-19-27(46(26)42(51)56-43(7,8)9)29-21-23-31(58-29)37-33(39(48)53-13-4)25(17-11-2)35(45-37)41(50)55-15-6/h18-23,44-45H,10-17H2,1-9H3. The lowest BCUT2D eigenvalue weighted by molar-refractivity contribution is 0.0504. The summed E-state index contributed by atoms with van der Waals surface area (Å²) in [7, 11) is 0. The van der Waals surface area contributed by atoms with Crippen molar-refractivity contribution in [2.75, 3.05) is 26.4 Å². The highest BCUT2D eigenvalue weighted by atomic mass is 32.1. The van der Waals surface area contributed by atoms with Crippen molar-refractivity contribution in [2.45, 2.75) is 93.6 Å². The number of aromatic nitrogens is 3. The molecule has 2 N–H and O–H groups in total. The van der Waals surface area contributed by atoms with E-state index in [-0.39, 0.29) is 48.9 Å². The summed E-state index contributed by atoms with van der Waals surface area (Å²) >= 11 is 2.65. The molecule has 5 aromatic rings. The zero-order chi connectivity index (χ0) is 42.3.